The highest BCUT2D eigenvalue weighted by Gasteiger charge is 2.27. The average molecular weight is 276 g/mol. The molecule has 0 aliphatic carbocycles. The Labute approximate surface area is 109 Å². The molecule has 3 nitrogen and oxygen atoms in total. The van der Waals surface area contributed by atoms with Crippen LogP contribution in [0.5, 0.6) is 5.75 Å². The van der Waals surface area contributed by atoms with Gasteiger partial charge in [-0.25, -0.2) is 0 Å². The molecule has 0 bridgehead atoms. The Morgan fingerprint density at radius 2 is 2.00 bits per heavy atom. The SMILES string of the molecule is CC(C)Oc1cccc(C(=O)COCC(F)(F)F)c1. The molecule has 1 aromatic rings. The Morgan fingerprint density at radius 3 is 2.58 bits per heavy atom. The van der Waals surface area contributed by atoms with Crippen molar-refractivity contribution in [2.75, 3.05) is 13.2 Å². The number of carbonyl (C=O) groups excluding carboxylic acids is 1. The van der Waals surface area contributed by atoms with E-state index in [1.54, 1.807) is 12.1 Å². The van der Waals surface area contributed by atoms with Crippen molar-refractivity contribution < 1.29 is 27.4 Å². The van der Waals surface area contributed by atoms with E-state index < -0.39 is 25.2 Å². The first-order valence-electron chi connectivity index (χ1n) is 5.72. The Bertz CT molecular complexity index is 427. The van der Waals surface area contributed by atoms with E-state index in [9.17, 15) is 18.0 Å². The summed E-state index contributed by atoms with van der Waals surface area (Å²) in [6, 6.07) is 6.27. The van der Waals surface area contributed by atoms with Crippen LogP contribution in [0.25, 0.3) is 0 Å². The third-order valence-electron chi connectivity index (χ3n) is 2.03. The van der Waals surface area contributed by atoms with Crippen molar-refractivity contribution in [3.63, 3.8) is 0 Å². The van der Waals surface area contributed by atoms with Crippen molar-refractivity contribution in [2.24, 2.45) is 0 Å². The van der Waals surface area contributed by atoms with Crippen LogP contribution in [0.15, 0.2) is 24.3 Å². The second kappa shape index (κ2) is 6.56. The van der Waals surface area contributed by atoms with E-state index in [-0.39, 0.29) is 11.7 Å². The van der Waals surface area contributed by atoms with Gasteiger partial charge >= 0.3 is 6.18 Å². The molecule has 1 rings (SSSR count). The van der Waals surface area contributed by atoms with E-state index in [0.717, 1.165) is 0 Å². The summed E-state index contributed by atoms with van der Waals surface area (Å²) in [5.41, 5.74) is 0.264. The average Bonchev–Trinajstić information content (AvgIpc) is 2.26. The minimum Gasteiger partial charge on any atom is -0.491 e. The lowest BCUT2D eigenvalue weighted by molar-refractivity contribution is -0.170. The first kappa shape index (κ1) is 15.5. The highest BCUT2D eigenvalue weighted by molar-refractivity contribution is 5.97. The maximum atomic E-state index is 11.9. The fraction of sp³-hybridized carbons (Fsp3) is 0.462. The molecule has 6 heteroatoms. The summed E-state index contributed by atoms with van der Waals surface area (Å²) in [5, 5.41) is 0. The molecule has 0 saturated carbocycles. The molecule has 0 N–H and O–H groups in total. The quantitative estimate of drug-likeness (QED) is 0.748. The van der Waals surface area contributed by atoms with Gasteiger partial charge in [-0.3, -0.25) is 4.79 Å². The Hall–Kier alpha value is -1.56. The zero-order valence-electron chi connectivity index (χ0n) is 10.7. The fourth-order valence-corrected chi connectivity index (χ4v) is 1.36. The summed E-state index contributed by atoms with van der Waals surface area (Å²) in [6.45, 7) is 1.63. The second-order valence-electron chi connectivity index (χ2n) is 4.23. The van der Waals surface area contributed by atoms with Gasteiger partial charge in [0.1, 0.15) is 19.0 Å². The number of rotatable bonds is 6. The van der Waals surface area contributed by atoms with Crippen LogP contribution in [-0.2, 0) is 4.74 Å². The van der Waals surface area contributed by atoms with E-state index in [2.05, 4.69) is 4.74 Å². The van der Waals surface area contributed by atoms with Crippen molar-refractivity contribution >= 4 is 5.78 Å². The summed E-state index contributed by atoms with van der Waals surface area (Å²) in [4.78, 5) is 11.6. The zero-order valence-corrected chi connectivity index (χ0v) is 10.7. The van der Waals surface area contributed by atoms with Crippen LogP contribution in [0, 0.1) is 0 Å². The third kappa shape index (κ3) is 6.24. The van der Waals surface area contributed by atoms with Gasteiger partial charge in [0.05, 0.1) is 6.10 Å². The number of ketones is 1. The van der Waals surface area contributed by atoms with Crippen molar-refractivity contribution in [1.82, 2.24) is 0 Å². The predicted molar refractivity (Wildman–Crippen MR) is 63.4 cm³/mol. The van der Waals surface area contributed by atoms with Gasteiger partial charge in [-0.15, -0.1) is 0 Å². The molecule has 0 amide bonds. The Morgan fingerprint density at radius 1 is 1.32 bits per heavy atom. The largest absolute Gasteiger partial charge is 0.491 e. The Kier molecular flexibility index (Phi) is 5.35. The molecule has 19 heavy (non-hydrogen) atoms. The normalized spacial score (nSPS) is 11.7. The minimum absolute atomic E-state index is 0.0492. The molecule has 0 atom stereocenters. The molecule has 0 heterocycles. The van der Waals surface area contributed by atoms with Crippen molar-refractivity contribution in [2.45, 2.75) is 26.1 Å². The van der Waals surface area contributed by atoms with Gasteiger partial charge < -0.3 is 9.47 Å². The molecular formula is C13H15F3O3. The fourth-order valence-electron chi connectivity index (χ4n) is 1.36. The first-order valence-corrected chi connectivity index (χ1v) is 5.72. The highest BCUT2D eigenvalue weighted by Crippen LogP contribution is 2.17. The molecule has 0 aliphatic heterocycles. The molecule has 0 aliphatic rings. The molecule has 0 fully saturated rings. The van der Waals surface area contributed by atoms with E-state index in [0.29, 0.717) is 5.75 Å². The first-order chi connectivity index (χ1) is 8.78. The van der Waals surface area contributed by atoms with Crippen molar-refractivity contribution in [3.05, 3.63) is 29.8 Å². The van der Waals surface area contributed by atoms with E-state index in [4.69, 9.17) is 4.74 Å². The number of Topliss-reactive ketones (excluding diaryl/α,β-unsaturated/α-hetero) is 1. The van der Waals surface area contributed by atoms with Crippen LogP contribution in [0.3, 0.4) is 0 Å². The van der Waals surface area contributed by atoms with Gasteiger partial charge in [-0.1, -0.05) is 12.1 Å². The number of ether oxygens (including phenoxy) is 2. The van der Waals surface area contributed by atoms with Gasteiger partial charge in [0.25, 0.3) is 0 Å². The second-order valence-corrected chi connectivity index (χ2v) is 4.23. The van der Waals surface area contributed by atoms with Crippen molar-refractivity contribution in [1.29, 1.82) is 0 Å². The van der Waals surface area contributed by atoms with Crippen LogP contribution < -0.4 is 4.74 Å². The van der Waals surface area contributed by atoms with Gasteiger partial charge in [0.2, 0.25) is 0 Å². The molecule has 0 aromatic heterocycles. The number of hydrogen-bond acceptors (Lipinski definition) is 3. The lowest BCUT2D eigenvalue weighted by Gasteiger charge is -2.11. The topological polar surface area (TPSA) is 35.5 Å². The number of halogens is 3. The lowest BCUT2D eigenvalue weighted by Crippen LogP contribution is -2.20. The van der Waals surface area contributed by atoms with Crippen LogP contribution in [-0.4, -0.2) is 31.3 Å². The lowest BCUT2D eigenvalue weighted by atomic mass is 10.1. The minimum atomic E-state index is -4.43. The maximum Gasteiger partial charge on any atom is 0.411 e. The maximum absolute atomic E-state index is 11.9. The van der Waals surface area contributed by atoms with Crippen LogP contribution in [0.2, 0.25) is 0 Å². The van der Waals surface area contributed by atoms with Gasteiger partial charge in [-0.05, 0) is 26.0 Å². The number of carbonyl (C=O) groups is 1. The molecule has 0 saturated heterocycles. The van der Waals surface area contributed by atoms with E-state index >= 15 is 0 Å². The predicted octanol–water partition coefficient (Wildman–Crippen LogP) is 3.24. The molecule has 106 valence electrons. The van der Waals surface area contributed by atoms with Crippen LogP contribution >= 0.6 is 0 Å². The molecule has 1 aromatic carbocycles. The summed E-state index contributed by atoms with van der Waals surface area (Å²) < 4.78 is 45.3. The summed E-state index contributed by atoms with van der Waals surface area (Å²) in [5.74, 6) is -0.0184. The Balaban J connectivity index is 2.57. The van der Waals surface area contributed by atoms with Crippen LogP contribution in [0.1, 0.15) is 24.2 Å². The van der Waals surface area contributed by atoms with Gasteiger partial charge in [-0.2, -0.15) is 13.2 Å². The van der Waals surface area contributed by atoms with E-state index in [1.807, 2.05) is 13.8 Å². The van der Waals surface area contributed by atoms with Gasteiger partial charge in [0.15, 0.2) is 5.78 Å². The summed E-state index contributed by atoms with van der Waals surface area (Å²) in [7, 11) is 0. The molecule has 0 unspecified atom stereocenters. The third-order valence-corrected chi connectivity index (χ3v) is 2.03. The van der Waals surface area contributed by atoms with Gasteiger partial charge in [0, 0.05) is 5.56 Å². The molecule has 0 spiro atoms. The molecular weight excluding hydrogens is 261 g/mol. The highest BCUT2D eigenvalue weighted by atomic mass is 19.4. The number of alkyl halides is 3. The van der Waals surface area contributed by atoms with Crippen molar-refractivity contribution in [3.8, 4) is 5.75 Å². The van der Waals surface area contributed by atoms with Crippen LogP contribution in [0.4, 0.5) is 13.2 Å². The zero-order chi connectivity index (χ0) is 14.5. The molecule has 0 radical (unpaired) electrons. The summed E-state index contributed by atoms with van der Waals surface area (Å²) >= 11 is 0. The number of benzene rings is 1. The van der Waals surface area contributed by atoms with E-state index in [1.165, 1.54) is 12.1 Å². The monoisotopic (exact) mass is 276 g/mol. The standard InChI is InChI=1S/C13H15F3O3/c1-9(2)19-11-5-3-4-10(6-11)12(17)7-18-8-13(14,15)16/h3-6,9H,7-8H2,1-2H3. The smallest absolute Gasteiger partial charge is 0.411 e. The summed E-state index contributed by atoms with van der Waals surface area (Å²) in [6.07, 6.45) is -4.48. The number of hydrogen-bond donors (Lipinski definition) is 0.